The van der Waals surface area contributed by atoms with E-state index in [1.165, 1.54) is 12.8 Å². The second-order valence-electron chi connectivity index (χ2n) is 7.52. The van der Waals surface area contributed by atoms with Gasteiger partial charge in [0.1, 0.15) is 0 Å². The number of carbonyl (C=O) groups excluding carboxylic acids is 3. The van der Waals surface area contributed by atoms with E-state index >= 15 is 0 Å². The summed E-state index contributed by atoms with van der Waals surface area (Å²) in [7, 11) is 0. The number of carbonyl (C=O) groups is 3. The molecule has 0 aliphatic heterocycles. The number of ketones is 1. The third kappa shape index (κ3) is 5.76. The van der Waals surface area contributed by atoms with E-state index in [0.29, 0.717) is 16.7 Å². The highest BCUT2D eigenvalue weighted by atomic mass is 16.5. The highest BCUT2D eigenvalue weighted by Gasteiger charge is 2.22. The second kappa shape index (κ2) is 10.0. The average Bonchev–Trinajstić information content (AvgIpc) is 3.02. The van der Waals surface area contributed by atoms with Crippen molar-refractivity contribution in [3.8, 4) is 0 Å². The quantitative estimate of drug-likeness (QED) is 0.451. The van der Waals surface area contributed by atoms with Gasteiger partial charge < -0.3 is 10.1 Å². The summed E-state index contributed by atoms with van der Waals surface area (Å²) in [4.78, 5) is 37.2. The first-order chi connectivity index (χ1) is 14.0. The topological polar surface area (TPSA) is 72.5 Å². The Balaban J connectivity index is 1.55. The molecule has 0 radical (unpaired) electrons. The van der Waals surface area contributed by atoms with E-state index in [1.54, 1.807) is 55.5 Å². The van der Waals surface area contributed by atoms with Crippen LogP contribution in [0.5, 0.6) is 0 Å². The Morgan fingerprint density at radius 3 is 2.00 bits per heavy atom. The Bertz CT molecular complexity index is 837. The van der Waals surface area contributed by atoms with Crippen LogP contribution in [0.15, 0.2) is 54.6 Å². The van der Waals surface area contributed by atoms with Gasteiger partial charge in [-0.3, -0.25) is 9.59 Å². The Morgan fingerprint density at radius 2 is 1.38 bits per heavy atom. The molecular weight excluding hydrogens is 366 g/mol. The number of rotatable bonds is 6. The number of ether oxygens (including phenoxy) is 1. The first-order valence-corrected chi connectivity index (χ1v) is 10.3. The summed E-state index contributed by atoms with van der Waals surface area (Å²) in [5, 5.41) is 3.00. The summed E-state index contributed by atoms with van der Waals surface area (Å²) in [6.07, 6.45) is 5.74. The van der Waals surface area contributed by atoms with Gasteiger partial charge >= 0.3 is 5.97 Å². The van der Waals surface area contributed by atoms with E-state index in [9.17, 15) is 14.4 Å². The molecule has 152 valence electrons. The standard InChI is InChI=1S/C24H27NO4/c1-17(23(27)25-21-11-7-2-3-8-12-21)29-24(28)20-15-13-19(14-16-20)22(26)18-9-5-4-6-10-18/h4-6,9-10,13-17,21H,2-3,7-8,11-12H2,1H3,(H,25,27)/t17-/m1/s1. The van der Waals surface area contributed by atoms with E-state index in [-0.39, 0.29) is 17.7 Å². The van der Waals surface area contributed by atoms with Gasteiger partial charge in [-0.05, 0) is 31.9 Å². The van der Waals surface area contributed by atoms with Crippen LogP contribution in [0, 0.1) is 0 Å². The lowest BCUT2D eigenvalue weighted by Crippen LogP contribution is -2.41. The van der Waals surface area contributed by atoms with Gasteiger partial charge in [0.15, 0.2) is 11.9 Å². The van der Waals surface area contributed by atoms with Gasteiger partial charge in [0.25, 0.3) is 5.91 Å². The van der Waals surface area contributed by atoms with Gasteiger partial charge in [-0.1, -0.05) is 68.1 Å². The van der Waals surface area contributed by atoms with Crippen molar-refractivity contribution in [1.29, 1.82) is 0 Å². The van der Waals surface area contributed by atoms with Crippen LogP contribution in [-0.4, -0.2) is 29.8 Å². The van der Waals surface area contributed by atoms with Crippen molar-refractivity contribution < 1.29 is 19.1 Å². The summed E-state index contributed by atoms with van der Waals surface area (Å²) in [6.45, 7) is 1.58. The minimum atomic E-state index is -0.864. The molecule has 5 nitrogen and oxygen atoms in total. The van der Waals surface area contributed by atoms with Gasteiger partial charge in [-0.2, -0.15) is 0 Å². The summed E-state index contributed by atoms with van der Waals surface area (Å²) in [5.41, 5.74) is 1.39. The lowest BCUT2D eigenvalue weighted by molar-refractivity contribution is -0.129. The number of hydrogen-bond donors (Lipinski definition) is 1. The first kappa shape index (κ1) is 20.8. The Morgan fingerprint density at radius 1 is 0.828 bits per heavy atom. The largest absolute Gasteiger partial charge is 0.449 e. The third-order valence-electron chi connectivity index (χ3n) is 5.27. The zero-order chi connectivity index (χ0) is 20.6. The SMILES string of the molecule is C[C@@H](OC(=O)c1ccc(C(=O)c2ccccc2)cc1)C(=O)NC1CCCCCC1. The maximum atomic E-state index is 12.4. The molecule has 0 unspecified atom stereocenters. The fourth-order valence-corrected chi connectivity index (χ4v) is 3.54. The fourth-order valence-electron chi connectivity index (χ4n) is 3.54. The fraction of sp³-hybridized carbons (Fsp3) is 0.375. The number of nitrogens with one attached hydrogen (secondary N) is 1. The summed E-state index contributed by atoms with van der Waals surface area (Å²) in [5.74, 6) is -0.949. The van der Waals surface area contributed by atoms with E-state index in [2.05, 4.69) is 5.32 Å². The van der Waals surface area contributed by atoms with Crippen molar-refractivity contribution in [2.45, 2.75) is 57.6 Å². The van der Waals surface area contributed by atoms with Gasteiger partial charge in [0, 0.05) is 17.2 Å². The molecule has 1 N–H and O–H groups in total. The monoisotopic (exact) mass is 393 g/mol. The summed E-state index contributed by atoms with van der Waals surface area (Å²) >= 11 is 0. The predicted octanol–water partition coefficient (Wildman–Crippen LogP) is 4.30. The molecule has 1 amide bonds. The smallest absolute Gasteiger partial charge is 0.338 e. The van der Waals surface area contributed by atoms with Crippen molar-refractivity contribution in [3.05, 3.63) is 71.3 Å². The lowest BCUT2D eigenvalue weighted by Gasteiger charge is -2.19. The Hall–Kier alpha value is -2.95. The average molecular weight is 393 g/mol. The summed E-state index contributed by atoms with van der Waals surface area (Å²) < 4.78 is 5.32. The highest BCUT2D eigenvalue weighted by molar-refractivity contribution is 6.09. The van der Waals surface area contributed by atoms with Gasteiger partial charge in [0.2, 0.25) is 0 Å². The first-order valence-electron chi connectivity index (χ1n) is 10.3. The zero-order valence-electron chi connectivity index (χ0n) is 16.7. The van der Waals surface area contributed by atoms with Crippen LogP contribution in [0.2, 0.25) is 0 Å². The number of esters is 1. The molecule has 0 aromatic heterocycles. The van der Waals surface area contributed by atoms with Crippen molar-refractivity contribution in [1.82, 2.24) is 5.32 Å². The molecule has 0 spiro atoms. The van der Waals surface area contributed by atoms with Crippen LogP contribution in [0.1, 0.15) is 71.7 Å². The van der Waals surface area contributed by atoms with Crippen molar-refractivity contribution in [2.75, 3.05) is 0 Å². The van der Waals surface area contributed by atoms with Crippen LogP contribution in [-0.2, 0) is 9.53 Å². The van der Waals surface area contributed by atoms with Gasteiger partial charge in [0.05, 0.1) is 5.56 Å². The van der Waals surface area contributed by atoms with Crippen LogP contribution in [0.25, 0.3) is 0 Å². The molecule has 1 atom stereocenters. The number of amides is 1. The normalized spacial score (nSPS) is 15.8. The number of hydrogen-bond acceptors (Lipinski definition) is 4. The molecule has 0 saturated heterocycles. The zero-order valence-corrected chi connectivity index (χ0v) is 16.7. The van der Waals surface area contributed by atoms with E-state index in [4.69, 9.17) is 4.74 Å². The molecular formula is C24H27NO4. The second-order valence-corrected chi connectivity index (χ2v) is 7.52. The molecule has 2 aromatic rings. The summed E-state index contributed by atoms with van der Waals surface area (Å²) in [6, 6.07) is 15.4. The molecule has 0 bridgehead atoms. The van der Waals surface area contributed by atoms with Gasteiger partial charge in [-0.15, -0.1) is 0 Å². The van der Waals surface area contributed by atoms with Crippen LogP contribution in [0.4, 0.5) is 0 Å². The van der Waals surface area contributed by atoms with Crippen molar-refractivity contribution in [2.24, 2.45) is 0 Å². The lowest BCUT2D eigenvalue weighted by atomic mass is 10.0. The Kier molecular flexibility index (Phi) is 7.17. The number of benzene rings is 2. The molecule has 3 rings (SSSR count). The maximum absolute atomic E-state index is 12.4. The van der Waals surface area contributed by atoms with Crippen LogP contribution in [0.3, 0.4) is 0 Å². The molecule has 1 fully saturated rings. The van der Waals surface area contributed by atoms with E-state index < -0.39 is 12.1 Å². The van der Waals surface area contributed by atoms with Gasteiger partial charge in [-0.25, -0.2) is 4.79 Å². The van der Waals surface area contributed by atoms with Crippen LogP contribution < -0.4 is 5.32 Å². The molecule has 1 aliphatic rings. The predicted molar refractivity (Wildman–Crippen MR) is 111 cm³/mol. The molecule has 2 aromatic carbocycles. The Labute approximate surface area is 171 Å². The van der Waals surface area contributed by atoms with Crippen LogP contribution >= 0.6 is 0 Å². The van der Waals surface area contributed by atoms with Crippen molar-refractivity contribution in [3.63, 3.8) is 0 Å². The maximum Gasteiger partial charge on any atom is 0.338 e. The minimum absolute atomic E-state index is 0.110. The third-order valence-corrected chi connectivity index (χ3v) is 5.27. The minimum Gasteiger partial charge on any atom is -0.449 e. The molecule has 5 heteroatoms. The van der Waals surface area contributed by atoms with E-state index in [0.717, 1.165) is 25.7 Å². The highest BCUT2D eigenvalue weighted by Crippen LogP contribution is 2.17. The molecule has 1 saturated carbocycles. The van der Waals surface area contributed by atoms with E-state index in [1.807, 2.05) is 6.07 Å². The molecule has 0 heterocycles. The van der Waals surface area contributed by atoms with Crippen molar-refractivity contribution >= 4 is 17.7 Å². The molecule has 1 aliphatic carbocycles. The molecule has 29 heavy (non-hydrogen) atoms.